The van der Waals surface area contributed by atoms with Crippen LogP contribution < -0.4 is 0 Å². The Balaban J connectivity index is 2.11. The lowest BCUT2D eigenvalue weighted by molar-refractivity contribution is 0.142. The first-order valence-corrected chi connectivity index (χ1v) is 6.11. The van der Waals surface area contributed by atoms with Crippen LogP contribution in [0.15, 0.2) is 30.5 Å². The van der Waals surface area contributed by atoms with E-state index < -0.39 is 0 Å². The molecule has 1 aromatic carbocycles. The molecule has 3 nitrogen and oxygen atoms in total. The van der Waals surface area contributed by atoms with Crippen LogP contribution in [0.1, 0.15) is 18.9 Å². The Bertz CT molecular complexity index is 476. The topological polar surface area (TPSA) is 34.4 Å². The summed E-state index contributed by atoms with van der Waals surface area (Å²) >= 11 is 0. The summed E-state index contributed by atoms with van der Waals surface area (Å²) in [5, 5.41) is 10.4. The van der Waals surface area contributed by atoms with Gasteiger partial charge in [0, 0.05) is 31.5 Å². The molecular formula is C14H19NO2. The predicted octanol–water partition coefficient (Wildman–Crippen LogP) is 2.56. The van der Waals surface area contributed by atoms with Crippen molar-refractivity contribution in [2.24, 2.45) is 0 Å². The van der Waals surface area contributed by atoms with Crippen LogP contribution in [0, 0.1) is 0 Å². The molecule has 2 rings (SSSR count). The number of benzene rings is 1. The van der Waals surface area contributed by atoms with E-state index in [2.05, 4.69) is 29.0 Å². The van der Waals surface area contributed by atoms with E-state index in [1.165, 1.54) is 10.9 Å². The maximum absolute atomic E-state index is 9.14. The fourth-order valence-electron chi connectivity index (χ4n) is 2.00. The molecule has 2 aromatic rings. The molecule has 0 amide bonds. The summed E-state index contributed by atoms with van der Waals surface area (Å²) in [5.74, 6) is 0. The lowest BCUT2D eigenvalue weighted by atomic mass is 10.2. The fourth-order valence-corrected chi connectivity index (χ4v) is 2.00. The van der Waals surface area contributed by atoms with Gasteiger partial charge in [-0.1, -0.05) is 12.1 Å². The quantitative estimate of drug-likeness (QED) is 0.778. The van der Waals surface area contributed by atoms with E-state index in [-0.39, 0.29) is 6.61 Å². The highest BCUT2D eigenvalue weighted by Crippen LogP contribution is 2.18. The minimum Gasteiger partial charge on any atom is -0.392 e. The van der Waals surface area contributed by atoms with Crippen LogP contribution in [0.25, 0.3) is 10.9 Å². The molecule has 1 N–H and O–H groups in total. The van der Waals surface area contributed by atoms with Crippen molar-refractivity contribution < 1.29 is 9.84 Å². The van der Waals surface area contributed by atoms with Gasteiger partial charge < -0.3 is 14.4 Å². The van der Waals surface area contributed by atoms with Crippen LogP contribution in [0.3, 0.4) is 0 Å². The van der Waals surface area contributed by atoms with E-state index in [0.29, 0.717) is 0 Å². The molecule has 0 saturated carbocycles. The Morgan fingerprint density at radius 2 is 2.18 bits per heavy atom. The van der Waals surface area contributed by atoms with Gasteiger partial charge in [-0.15, -0.1) is 0 Å². The van der Waals surface area contributed by atoms with Crippen molar-refractivity contribution in [2.75, 3.05) is 13.2 Å². The molecule has 0 atom stereocenters. The molecule has 0 radical (unpaired) electrons. The van der Waals surface area contributed by atoms with Crippen molar-refractivity contribution >= 4 is 10.9 Å². The van der Waals surface area contributed by atoms with Crippen molar-refractivity contribution in [1.29, 1.82) is 0 Å². The van der Waals surface area contributed by atoms with Gasteiger partial charge in [-0.25, -0.2) is 0 Å². The zero-order valence-corrected chi connectivity index (χ0v) is 10.2. The third-order valence-corrected chi connectivity index (χ3v) is 2.91. The second-order valence-corrected chi connectivity index (χ2v) is 4.11. The summed E-state index contributed by atoms with van der Waals surface area (Å²) in [7, 11) is 0. The van der Waals surface area contributed by atoms with Gasteiger partial charge in [0.1, 0.15) is 0 Å². The SMILES string of the molecule is CCOCCCn1ccc2ccc(CO)cc21. The number of nitrogens with zero attached hydrogens (tertiary/aromatic N) is 1. The molecule has 0 unspecified atom stereocenters. The second-order valence-electron chi connectivity index (χ2n) is 4.11. The molecule has 0 saturated heterocycles. The smallest absolute Gasteiger partial charge is 0.0682 e. The summed E-state index contributed by atoms with van der Waals surface area (Å²) < 4.78 is 7.55. The van der Waals surface area contributed by atoms with Crippen molar-refractivity contribution in [3.8, 4) is 0 Å². The van der Waals surface area contributed by atoms with Crippen molar-refractivity contribution in [3.63, 3.8) is 0 Å². The molecule has 1 heterocycles. The highest BCUT2D eigenvalue weighted by Gasteiger charge is 2.01. The number of rotatable bonds is 6. The molecule has 0 aliphatic carbocycles. The van der Waals surface area contributed by atoms with Gasteiger partial charge in [0.15, 0.2) is 0 Å². The first-order chi connectivity index (χ1) is 8.35. The Morgan fingerprint density at radius 3 is 2.94 bits per heavy atom. The summed E-state index contributed by atoms with van der Waals surface area (Å²) in [6, 6.07) is 8.18. The fraction of sp³-hybridized carbons (Fsp3) is 0.429. The van der Waals surface area contributed by atoms with Crippen LogP contribution >= 0.6 is 0 Å². The number of ether oxygens (including phenoxy) is 1. The first kappa shape index (κ1) is 12.1. The van der Waals surface area contributed by atoms with Crippen LogP contribution in [0.4, 0.5) is 0 Å². The van der Waals surface area contributed by atoms with E-state index in [9.17, 15) is 0 Å². The first-order valence-electron chi connectivity index (χ1n) is 6.11. The minimum atomic E-state index is 0.0973. The van der Waals surface area contributed by atoms with E-state index in [0.717, 1.165) is 31.7 Å². The lowest BCUT2D eigenvalue weighted by Crippen LogP contribution is -2.01. The van der Waals surface area contributed by atoms with E-state index in [4.69, 9.17) is 9.84 Å². The summed E-state index contributed by atoms with van der Waals surface area (Å²) in [6.07, 6.45) is 3.11. The third-order valence-electron chi connectivity index (χ3n) is 2.91. The van der Waals surface area contributed by atoms with Gasteiger partial charge in [-0.2, -0.15) is 0 Å². The highest BCUT2D eigenvalue weighted by molar-refractivity contribution is 5.80. The van der Waals surface area contributed by atoms with Gasteiger partial charge >= 0.3 is 0 Å². The molecular weight excluding hydrogens is 214 g/mol. The minimum absolute atomic E-state index is 0.0973. The van der Waals surface area contributed by atoms with E-state index in [1.54, 1.807) is 0 Å². The molecule has 0 fully saturated rings. The molecule has 0 bridgehead atoms. The molecule has 92 valence electrons. The molecule has 0 aliphatic heterocycles. The summed E-state index contributed by atoms with van der Waals surface area (Å²) in [6.45, 7) is 4.65. The Morgan fingerprint density at radius 1 is 1.29 bits per heavy atom. The van der Waals surface area contributed by atoms with Gasteiger partial charge in [0.25, 0.3) is 0 Å². The lowest BCUT2D eigenvalue weighted by Gasteiger charge is -2.06. The number of aliphatic hydroxyl groups is 1. The average molecular weight is 233 g/mol. The molecule has 17 heavy (non-hydrogen) atoms. The standard InChI is InChI=1S/C14H19NO2/c1-2-17-9-3-7-15-8-6-13-5-4-12(11-16)10-14(13)15/h4-6,8,10,16H,2-3,7,9,11H2,1H3. The Kier molecular flexibility index (Phi) is 4.18. The molecule has 1 aromatic heterocycles. The molecule has 3 heteroatoms. The van der Waals surface area contributed by atoms with Crippen LogP contribution in [0.5, 0.6) is 0 Å². The number of aryl methyl sites for hydroxylation is 1. The largest absolute Gasteiger partial charge is 0.392 e. The van der Waals surface area contributed by atoms with E-state index >= 15 is 0 Å². The molecule has 0 aliphatic rings. The summed E-state index contributed by atoms with van der Waals surface area (Å²) in [5.41, 5.74) is 2.15. The monoisotopic (exact) mass is 233 g/mol. The number of aliphatic hydroxyl groups excluding tert-OH is 1. The normalized spacial score (nSPS) is 11.2. The molecule has 0 spiro atoms. The van der Waals surface area contributed by atoms with Gasteiger partial charge in [-0.3, -0.25) is 0 Å². The maximum atomic E-state index is 9.14. The van der Waals surface area contributed by atoms with Gasteiger partial charge in [0.05, 0.1) is 6.61 Å². The van der Waals surface area contributed by atoms with E-state index in [1.807, 2.05) is 13.0 Å². The number of hydrogen-bond acceptors (Lipinski definition) is 2. The second kappa shape index (κ2) is 5.84. The number of fused-ring (bicyclic) bond motifs is 1. The predicted molar refractivity (Wildman–Crippen MR) is 69.0 cm³/mol. The Labute approximate surface area is 102 Å². The van der Waals surface area contributed by atoms with Gasteiger partial charge in [0.2, 0.25) is 0 Å². The summed E-state index contributed by atoms with van der Waals surface area (Å²) in [4.78, 5) is 0. The van der Waals surface area contributed by atoms with Gasteiger partial charge in [-0.05, 0) is 36.4 Å². The number of hydrogen-bond donors (Lipinski definition) is 1. The maximum Gasteiger partial charge on any atom is 0.0682 e. The Hall–Kier alpha value is -1.32. The van der Waals surface area contributed by atoms with Crippen LogP contribution in [-0.4, -0.2) is 22.9 Å². The van der Waals surface area contributed by atoms with Crippen molar-refractivity contribution in [3.05, 3.63) is 36.0 Å². The zero-order chi connectivity index (χ0) is 12.1. The third kappa shape index (κ3) is 2.87. The van der Waals surface area contributed by atoms with Crippen molar-refractivity contribution in [2.45, 2.75) is 26.5 Å². The van der Waals surface area contributed by atoms with Crippen LogP contribution in [0.2, 0.25) is 0 Å². The average Bonchev–Trinajstić information content (AvgIpc) is 2.77. The number of aromatic nitrogens is 1. The zero-order valence-electron chi connectivity index (χ0n) is 10.2. The van der Waals surface area contributed by atoms with Crippen LogP contribution in [-0.2, 0) is 17.9 Å². The highest BCUT2D eigenvalue weighted by atomic mass is 16.5. The van der Waals surface area contributed by atoms with Crippen molar-refractivity contribution in [1.82, 2.24) is 4.57 Å².